The molecule has 0 heterocycles. The van der Waals surface area contributed by atoms with Gasteiger partial charge in [-0.15, -0.1) is 0 Å². The predicted molar refractivity (Wildman–Crippen MR) is 93.0 cm³/mol. The van der Waals surface area contributed by atoms with Gasteiger partial charge in [0.1, 0.15) is 4.90 Å². The molecule has 0 spiro atoms. The van der Waals surface area contributed by atoms with Gasteiger partial charge < -0.3 is 5.73 Å². The molecule has 21 heavy (non-hydrogen) atoms. The van der Waals surface area contributed by atoms with Gasteiger partial charge in [0.15, 0.2) is 0 Å². The Morgan fingerprint density at radius 2 is 1.67 bits per heavy atom. The largest absolute Gasteiger partial charge is 0.399 e. The molecule has 2 aromatic rings. The van der Waals surface area contributed by atoms with Gasteiger partial charge in [0.2, 0.25) is 0 Å². The molecular formula is C14H14Br2N2O2S. The predicted octanol–water partition coefficient (Wildman–Crippen LogP) is 4.21. The minimum atomic E-state index is -3.70. The van der Waals surface area contributed by atoms with Crippen molar-refractivity contribution in [1.29, 1.82) is 0 Å². The topological polar surface area (TPSA) is 72.2 Å². The smallest absolute Gasteiger partial charge is 0.263 e. The van der Waals surface area contributed by atoms with Gasteiger partial charge in [-0.2, -0.15) is 0 Å². The summed E-state index contributed by atoms with van der Waals surface area (Å²) >= 11 is 6.65. The maximum Gasteiger partial charge on any atom is 0.263 e. The van der Waals surface area contributed by atoms with Crippen LogP contribution in [0.5, 0.6) is 0 Å². The zero-order chi connectivity index (χ0) is 15.8. The molecule has 0 bridgehead atoms. The van der Waals surface area contributed by atoms with Crippen molar-refractivity contribution in [2.24, 2.45) is 0 Å². The van der Waals surface area contributed by atoms with Crippen LogP contribution in [0.3, 0.4) is 0 Å². The molecule has 0 radical (unpaired) electrons. The lowest BCUT2D eigenvalue weighted by molar-refractivity contribution is 0.600. The molecule has 7 heteroatoms. The van der Waals surface area contributed by atoms with Crippen molar-refractivity contribution >= 4 is 53.3 Å². The van der Waals surface area contributed by atoms with Gasteiger partial charge in [0, 0.05) is 14.6 Å². The Labute approximate surface area is 141 Å². The van der Waals surface area contributed by atoms with Gasteiger partial charge in [0.05, 0.1) is 5.69 Å². The van der Waals surface area contributed by atoms with E-state index < -0.39 is 10.0 Å². The summed E-state index contributed by atoms with van der Waals surface area (Å²) in [5.41, 5.74) is 8.43. The Morgan fingerprint density at radius 3 is 2.33 bits per heavy atom. The zero-order valence-corrected chi connectivity index (χ0v) is 15.4. The second-order valence-corrected chi connectivity index (χ2v) is 8.07. The van der Waals surface area contributed by atoms with E-state index in [1.807, 2.05) is 13.8 Å². The molecule has 0 saturated carbocycles. The van der Waals surface area contributed by atoms with E-state index in [9.17, 15) is 8.42 Å². The molecule has 3 N–H and O–H groups in total. The normalized spacial score (nSPS) is 11.4. The fraction of sp³-hybridized carbons (Fsp3) is 0.143. The lowest BCUT2D eigenvalue weighted by Gasteiger charge is -2.13. The summed E-state index contributed by atoms with van der Waals surface area (Å²) in [7, 11) is -3.70. The summed E-state index contributed by atoms with van der Waals surface area (Å²) in [5, 5.41) is 0. The summed E-state index contributed by atoms with van der Waals surface area (Å²) in [6.45, 7) is 3.71. The van der Waals surface area contributed by atoms with Gasteiger partial charge in [0.25, 0.3) is 10.0 Å². The monoisotopic (exact) mass is 432 g/mol. The van der Waals surface area contributed by atoms with Crippen LogP contribution in [0.1, 0.15) is 11.1 Å². The van der Waals surface area contributed by atoms with Gasteiger partial charge in [-0.25, -0.2) is 8.42 Å². The molecule has 2 aromatic carbocycles. The highest BCUT2D eigenvalue weighted by molar-refractivity contribution is 9.11. The molecule has 0 unspecified atom stereocenters. The average Bonchev–Trinajstić information content (AvgIpc) is 2.37. The zero-order valence-electron chi connectivity index (χ0n) is 11.4. The van der Waals surface area contributed by atoms with Crippen molar-refractivity contribution in [2.75, 3.05) is 10.5 Å². The summed E-state index contributed by atoms with van der Waals surface area (Å²) in [6, 6.07) is 8.43. The number of aryl methyl sites for hydroxylation is 2. The Morgan fingerprint density at radius 1 is 1.00 bits per heavy atom. The van der Waals surface area contributed by atoms with E-state index in [-0.39, 0.29) is 4.90 Å². The first-order valence-electron chi connectivity index (χ1n) is 6.05. The lowest BCUT2D eigenvalue weighted by Crippen LogP contribution is -2.14. The summed E-state index contributed by atoms with van der Waals surface area (Å²) in [5.74, 6) is 0. The van der Waals surface area contributed by atoms with E-state index in [1.54, 1.807) is 30.3 Å². The van der Waals surface area contributed by atoms with E-state index in [0.717, 1.165) is 15.6 Å². The number of benzene rings is 2. The number of sulfonamides is 1. The van der Waals surface area contributed by atoms with Crippen molar-refractivity contribution < 1.29 is 8.42 Å². The number of nitrogen functional groups attached to an aromatic ring is 1. The highest BCUT2D eigenvalue weighted by Crippen LogP contribution is 2.31. The van der Waals surface area contributed by atoms with Crippen LogP contribution in [0.4, 0.5) is 11.4 Å². The fourth-order valence-corrected chi connectivity index (χ4v) is 4.58. The molecule has 0 atom stereocenters. The highest BCUT2D eigenvalue weighted by Gasteiger charge is 2.20. The van der Waals surface area contributed by atoms with Gasteiger partial charge in [-0.1, -0.05) is 22.0 Å². The first-order valence-corrected chi connectivity index (χ1v) is 9.12. The van der Waals surface area contributed by atoms with Crippen LogP contribution in [0, 0.1) is 13.8 Å². The molecule has 0 aromatic heterocycles. The second-order valence-electron chi connectivity index (χ2n) is 4.71. The number of rotatable bonds is 3. The van der Waals surface area contributed by atoms with Gasteiger partial charge >= 0.3 is 0 Å². The molecule has 0 aliphatic rings. The molecule has 4 nitrogen and oxygen atoms in total. The van der Waals surface area contributed by atoms with Crippen molar-refractivity contribution in [3.05, 3.63) is 50.4 Å². The van der Waals surface area contributed by atoms with Crippen molar-refractivity contribution in [3.8, 4) is 0 Å². The van der Waals surface area contributed by atoms with Crippen molar-refractivity contribution in [3.63, 3.8) is 0 Å². The number of anilines is 2. The fourth-order valence-electron chi connectivity index (χ4n) is 1.78. The van der Waals surface area contributed by atoms with Gasteiger partial charge in [-0.3, -0.25) is 4.72 Å². The van der Waals surface area contributed by atoms with Crippen LogP contribution in [0.2, 0.25) is 0 Å². The number of hydrogen-bond donors (Lipinski definition) is 2. The van der Waals surface area contributed by atoms with Crippen LogP contribution in [-0.4, -0.2) is 8.42 Å². The Kier molecular flexibility index (Phi) is 4.65. The first-order chi connectivity index (χ1) is 9.70. The first kappa shape index (κ1) is 16.3. The van der Waals surface area contributed by atoms with Crippen molar-refractivity contribution in [2.45, 2.75) is 18.7 Å². The third-order valence-corrected chi connectivity index (χ3v) is 6.19. The van der Waals surface area contributed by atoms with E-state index in [0.29, 0.717) is 15.8 Å². The molecule has 0 saturated heterocycles. The maximum atomic E-state index is 12.5. The quantitative estimate of drug-likeness (QED) is 0.712. The summed E-state index contributed by atoms with van der Waals surface area (Å²) in [4.78, 5) is 0.168. The van der Waals surface area contributed by atoms with E-state index in [1.165, 1.54) is 0 Å². The minimum Gasteiger partial charge on any atom is -0.399 e. The number of nitrogens with one attached hydrogen (secondary N) is 1. The SMILES string of the molecule is Cc1cc(Br)c(S(=O)(=O)Nc2cc(N)ccc2C)cc1Br. The van der Waals surface area contributed by atoms with Crippen LogP contribution >= 0.6 is 31.9 Å². The maximum absolute atomic E-state index is 12.5. The number of halogens is 2. The molecule has 0 amide bonds. The molecule has 0 fully saturated rings. The van der Waals surface area contributed by atoms with Crippen LogP contribution < -0.4 is 10.5 Å². The summed E-state index contributed by atoms with van der Waals surface area (Å²) < 4.78 is 28.9. The molecule has 0 aliphatic carbocycles. The van der Waals surface area contributed by atoms with Crippen LogP contribution in [-0.2, 0) is 10.0 Å². The number of nitrogens with two attached hydrogens (primary N) is 1. The standard InChI is InChI=1S/C14H14Br2N2O2S/c1-8-3-4-10(17)6-13(8)18-21(19,20)14-7-11(15)9(2)5-12(14)16/h3-7,18H,17H2,1-2H3. The lowest BCUT2D eigenvalue weighted by atomic mass is 10.2. The molecule has 112 valence electrons. The van der Waals surface area contributed by atoms with Gasteiger partial charge in [-0.05, 0) is 65.2 Å². The Hall–Kier alpha value is -1.05. The third kappa shape index (κ3) is 3.59. The van der Waals surface area contributed by atoms with Crippen LogP contribution in [0.25, 0.3) is 0 Å². The van der Waals surface area contributed by atoms with Crippen LogP contribution in [0.15, 0.2) is 44.2 Å². The van der Waals surface area contributed by atoms with E-state index in [4.69, 9.17) is 5.73 Å². The second kappa shape index (κ2) is 5.98. The van der Waals surface area contributed by atoms with E-state index in [2.05, 4.69) is 36.6 Å². The third-order valence-electron chi connectivity index (χ3n) is 3.01. The number of hydrogen-bond acceptors (Lipinski definition) is 3. The molecule has 0 aliphatic heterocycles. The highest BCUT2D eigenvalue weighted by atomic mass is 79.9. The van der Waals surface area contributed by atoms with E-state index >= 15 is 0 Å². The molecule has 2 rings (SSSR count). The minimum absolute atomic E-state index is 0.168. The summed E-state index contributed by atoms with van der Waals surface area (Å²) in [6.07, 6.45) is 0. The Bertz CT molecular complexity index is 805. The molecular weight excluding hydrogens is 420 g/mol. The average molecular weight is 434 g/mol. The Balaban J connectivity index is 2.48. The van der Waals surface area contributed by atoms with Crippen molar-refractivity contribution in [1.82, 2.24) is 0 Å².